The zero-order chi connectivity index (χ0) is 16.5. The van der Waals surface area contributed by atoms with Gasteiger partial charge in [-0.1, -0.05) is 36.4 Å². The summed E-state index contributed by atoms with van der Waals surface area (Å²) >= 11 is 0. The number of esters is 2. The van der Waals surface area contributed by atoms with E-state index in [0.717, 1.165) is 16.3 Å². The summed E-state index contributed by atoms with van der Waals surface area (Å²) < 4.78 is 21.6. The zero-order valence-electron chi connectivity index (χ0n) is 12.8. The van der Waals surface area contributed by atoms with Gasteiger partial charge in [0.25, 0.3) is 0 Å². The van der Waals surface area contributed by atoms with Crippen LogP contribution in [-0.4, -0.2) is 25.2 Å². The second kappa shape index (κ2) is 8.88. The van der Waals surface area contributed by atoms with E-state index in [1.54, 1.807) is 0 Å². The van der Waals surface area contributed by atoms with Gasteiger partial charge in [-0.15, -0.1) is 0 Å². The maximum Gasteiger partial charge on any atom is 0.306 e. The van der Waals surface area contributed by atoms with Gasteiger partial charge >= 0.3 is 11.9 Å². The molecule has 0 radical (unpaired) electrons. The lowest BCUT2D eigenvalue weighted by Gasteiger charge is -2.06. The SMILES string of the molecule is O=C(CCCC(=O)OCc1ccc2ccccc2c1)OCCF. The molecule has 0 aliphatic carbocycles. The molecular weight excluding hydrogens is 299 g/mol. The molecule has 0 spiro atoms. The van der Waals surface area contributed by atoms with Gasteiger partial charge in [0.05, 0.1) is 0 Å². The molecule has 0 aliphatic heterocycles. The number of benzene rings is 2. The first kappa shape index (κ1) is 16.9. The zero-order valence-corrected chi connectivity index (χ0v) is 12.8. The first-order chi connectivity index (χ1) is 11.2. The summed E-state index contributed by atoms with van der Waals surface area (Å²) in [4.78, 5) is 22.8. The minimum Gasteiger partial charge on any atom is -0.463 e. The fourth-order valence-electron chi connectivity index (χ4n) is 2.17. The van der Waals surface area contributed by atoms with E-state index in [0.29, 0.717) is 6.42 Å². The van der Waals surface area contributed by atoms with Crippen LogP contribution >= 0.6 is 0 Å². The summed E-state index contributed by atoms with van der Waals surface area (Å²) in [6.07, 6.45) is 0.561. The van der Waals surface area contributed by atoms with Crippen molar-refractivity contribution in [2.45, 2.75) is 25.9 Å². The lowest BCUT2D eigenvalue weighted by molar-refractivity contribution is -0.146. The van der Waals surface area contributed by atoms with Crippen LogP contribution in [0.3, 0.4) is 0 Å². The Kier molecular flexibility index (Phi) is 6.54. The molecule has 2 aromatic rings. The largest absolute Gasteiger partial charge is 0.463 e. The highest BCUT2D eigenvalue weighted by Crippen LogP contribution is 2.16. The van der Waals surface area contributed by atoms with Gasteiger partial charge in [-0.3, -0.25) is 9.59 Å². The van der Waals surface area contributed by atoms with Crippen molar-refractivity contribution in [3.05, 3.63) is 48.0 Å². The predicted octanol–water partition coefficient (Wildman–Crippen LogP) is 3.57. The summed E-state index contributed by atoms with van der Waals surface area (Å²) in [7, 11) is 0. The van der Waals surface area contributed by atoms with E-state index < -0.39 is 12.6 Å². The van der Waals surface area contributed by atoms with Crippen LogP contribution in [0.5, 0.6) is 0 Å². The average molecular weight is 318 g/mol. The molecule has 0 atom stereocenters. The average Bonchev–Trinajstić information content (AvgIpc) is 2.58. The van der Waals surface area contributed by atoms with E-state index in [1.165, 1.54) is 0 Å². The van der Waals surface area contributed by atoms with Crippen LogP contribution in [0, 0.1) is 0 Å². The Balaban J connectivity index is 1.72. The standard InChI is InChI=1S/C18H19FO4/c19-10-11-22-17(20)6-3-7-18(21)23-13-14-8-9-15-4-1-2-5-16(15)12-14/h1-2,4-5,8-9,12H,3,6-7,10-11,13H2. The van der Waals surface area contributed by atoms with Crippen molar-refractivity contribution in [2.24, 2.45) is 0 Å². The van der Waals surface area contributed by atoms with Gasteiger partial charge < -0.3 is 9.47 Å². The van der Waals surface area contributed by atoms with E-state index >= 15 is 0 Å². The molecule has 2 aromatic carbocycles. The van der Waals surface area contributed by atoms with Crippen molar-refractivity contribution < 1.29 is 23.5 Å². The number of alkyl halides is 1. The Labute approximate surface area is 134 Å². The predicted molar refractivity (Wildman–Crippen MR) is 84.5 cm³/mol. The van der Waals surface area contributed by atoms with Crippen molar-refractivity contribution in [2.75, 3.05) is 13.3 Å². The Morgan fingerprint density at radius 3 is 2.35 bits per heavy atom. The summed E-state index contributed by atoms with van der Waals surface area (Å²) in [5.74, 6) is -0.860. The molecule has 0 bridgehead atoms. The molecule has 5 heteroatoms. The van der Waals surface area contributed by atoms with Crippen LogP contribution in [0.1, 0.15) is 24.8 Å². The number of hydrogen-bond donors (Lipinski definition) is 0. The smallest absolute Gasteiger partial charge is 0.306 e. The minimum absolute atomic E-state index is 0.0884. The summed E-state index contributed by atoms with van der Waals surface area (Å²) in [5, 5.41) is 2.23. The van der Waals surface area contributed by atoms with Crippen molar-refractivity contribution in [1.82, 2.24) is 0 Å². The molecule has 4 nitrogen and oxygen atoms in total. The minimum atomic E-state index is -0.695. The third kappa shape index (κ3) is 5.70. The Morgan fingerprint density at radius 1 is 0.913 bits per heavy atom. The topological polar surface area (TPSA) is 52.6 Å². The molecule has 0 amide bonds. The van der Waals surface area contributed by atoms with Gasteiger partial charge in [0, 0.05) is 12.8 Å². The molecule has 0 N–H and O–H groups in total. The van der Waals surface area contributed by atoms with Gasteiger partial charge in [-0.2, -0.15) is 0 Å². The molecule has 0 unspecified atom stereocenters. The van der Waals surface area contributed by atoms with Crippen LogP contribution in [0.2, 0.25) is 0 Å². The van der Waals surface area contributed by atoms with Gasteiger partial charge in [0.2, 0.25) is 0 Å². The summed E-state index contributed by atoms with van der Waals surface area (Å²) in [6, 6.07) is 13.8. The van der Waals surface area contributed by atoms with Crippen molar-refractivity contribution >= 4 is 22.7 Å². The first-order valence-corrected chi connectivity index (χ1v) is 7.54. The van der Waals surface area contributed by atoms with Crippen molar-refractivity contribution in [3.63, 3.8) is 0 Å². The molecule has 0 heterocycles. The fourth-order valence-corrected chi connectivity index (χ4v) is 2.17. The Morgan fingerprint density at radius 2 is 1.61 bits per heavy atom. The number of hydrogen-bond acceptors (Lipinski definition) is 4. The van der Waals surface area contributed by atoms with Gasteiger partial charge in [-0.05, 0) is 28.8 Å². The fraction of sp³-hybridized carbons (Fsp3) is 0.333. The first-order valence-electron chi connectivity index (χ1n) is 7.54. The third-order valence-corrected chi connectivity index (χ3v) is 3.32. The molecule has 122 valence electrons. The van der Waals surface area contributed by atoms with Crippen LogP contribution in [-0.2, 0) is 25.7 Å². The van der Waals surface area contributed by atoms with Crippen LogP contribution in [0.4, 0.5) is 4.39 Å². The van der Waals surface area contributed by atoms with E-state index in [4.69, 9.17) is 4.74 Å². The number of carbonyl (C=O) groups is 2. The van der Waals surface area contributed by atoms with Crippen LogP contribution in [0.25, 0.3) is 10.8 Å². The Hall–Kier alpha value is -2.43. The molecule has 0 aliphatic rings. The van der Waals surface area contributed by atoms with E-state index in [9.17, 15) is 14.0 Å². The molecule has 0 saturated carbocycles. The van der Waals surface area contributed by atoms with Gasteiger partial charge in [0.15, 0.2) is 0 Å². The highest BCUT2D eigenvalue weighted by Gasteiger charge is 2.07. The summed E-state index contributed by atoms with van der Waals surface area (Å²) in [5.41, 5.74) is 0.916. The maximum absolute atomic E-state index is 11.8. The lowest BCUT2D eigenvalue weighted by atomic mass is 10.1. The quantitative estimate of drug-likeness (QED) is 0.698. The van der Waals surface area contributed by atoms with Crippen molar-refractivity contribution in [1.29, 1.82) is 0 Å². The van der Waals surface area contributed by atoms with Gasteiger partial charge in [-0.25, -0.2) is 4.39 Å². The van der Waals surface area contributed by atoms with Gasteiger partial charge in [0.1, 0.15) is 19.9 Å². The molecule has 0 fully saturated rings. The van der Waals surface area contributed by atoms with E-state index in [-0.39, 0.29) is 32.0 Å². The van der Waals surface area contributed by atoms with E-state index in [2.05, 4.69) is 4.74 Å². The monoisotopic (exact) mass is 318 g/mol. The van der Waals surface area contributed by atoms with Crippen LogP contribution in [0.15, 0.2) is 42.5 Å². The van der Waals surface area contributed by atoms with E-state index in [1.807, 2.05) is 42.5 Å². The highest BCUT2D eigenvalue weighted by atomic mass is 19.1. The molecular formula is C18H19FO4. The maximum atomic E-state index is 11.8. The molecule has 0 saturated heterocycles. The number of fused-ring (bicyclic) bond motifs is 1. The number of carbonyl (C=O) groups excluding carboxylic acids is 2. The second-order valence-electron chi connectivity index (χ2n) is 5.11. The number of rotatable bonds is 8. The number of ether oxygens (including phenoxy) is 2. The second-order valence-corrected chi connectivity index (χ2v) is 5.11. The molecule has 23 heavy (non-hydrogen) atoms. The normalized spacial score (nSPS) is 10.5. The summed E-state index contributed by atoms with van der Waals surface area (Å²) in [6.45, 7) is -0.721. The number of halogens is 1. The van der Waals surface area contributed by atoms with Crippen LogP contribution < -0.4 is 0 Å². The van der Waals surface area contributed by atoms with Crippen molar-refractivity contribution in [3.8, 4) is 0 Å². The molecule has 2 rings (SSSR count). The third-order valence-electron chi connectivity index (χ3n) is 3.32. The lowest BCUT2D eigenvalue weighted by Crippen LogP contribution is -2.09. The highest BCUT2D eigenvalue weighted by molar-refractivity contribution is 5.83. The Bertz CT molecular complexity index is 669. The molecule has 0 aromatic heterocycles.